The number of Topliss-reactive ketones (excluding diaryl/α,β-unsaturated/α-hetero) is 1. The molecule has 0 bridgehead atoms. The molecule has 2 aliphatic rings. The average molecular weight is 219 g/mol. The van der Waals surface area contributed by atoms with E-state index in [4.69, 9.17) is 0 Å². The zero-order chi connectivity index (χ0) is 9.10. The Labute approximate surface area is 91.6 Å². The molecule has 1 atom stereocenters. The third-order valence-electron chi connectivity index (χ3n) is 3.09. The molecular weight excluding hydrogens is 200 g/mol. The summed E-state index contributed by atoms with van der Waals surface area (Å²) in [5.74, 6) is 1.27. The van der Waals surface area contributed by atoms with Crippen molar-refractivity contribution < 1.29 is 4.79 Å². The van der Waals surface area contributed by atoms with Gasteiger partial charge in [-0.2, -0.15) is 0 Å². The summed E-state index contributed by atoms with van der Waals surface area (Å²) >= 11 is 0. The smallest absolute Gasteiger partial charge is 0.135 e. The van der Waals surface area contributed by atoms with Crippen molar-refractivity contribution >= 4 is 18.2 Å². The van der Waals surface area contributed by atoms with Crippen molar-refractivity contribution in [3.05, 3.63) is 0 Å². The van der Waals surface area contributed by atoms with E-state index in [2.05, 4.69) is 10.2 Å². The normalized spacial score (nSPS) is 28.9. The Morgan fingerprint density at radius 1 is 1.36 bits per heavy atom. The molecule has 2 fully saturated rings. The lowest BCUT2D eigenvalue weighted by Gasteiger charge is -2.27. The summed E-state index contributed by atoms with van der Waals surface area (Å²) in [4.78, 5) is 13.5. The number of hydrogen-bond acceptors (Lipinski definition) is 3. The van der Waals surface area contributed by atoms with Gasteiger partial charge in [-0.05, 0) is 25.4 Å². The van der Waals surface area contributed by atoms with Gasteiger partial charge in [0.05, 0.1) is 0 Å². The molecule has 4 heteroatoms. The standard InChI is InChI=1S/C10H18N2O.ClH/c13-10-2-5-12(6-3-10)8-9-1-4-11-7-9;/h9,11H,1-8H2;1H. The maximum Gasteiger partial charge on any atom is 0.135 e. The Balaban J connectivity index is 0.000000980. The number of nitrogens with zero attached hydrogens (tertiary/aromatic N) is 1. The maximum atomic E-state index is 11.0. The number of halogens is 1. The van der Waals surface area contributed by atoms with Gasteiger partial charge in [0.1, 0.15) is 5.78 Å². The van der Waals surface area contributed by atoms with Crippen LogP contribution in [-0.2, 0) is 4.79 Å². The average Bonchev–Trinajstić information content (AvgIpc) is 2.62. The van der Waals surface area contributed by atoms with Crippen LogP contribution in [0.4, 0.5) is 0 Å². The Morgan fingerprint density at radius 3 is 2.64 bits per heavy atom. The molecule has 2 saturated heterocycles. The predicted molar refractivity (Wildman–Crippen MR) is 58.9 cm³/mol. The molecule has 0 amide bonds. The van der Waals surface area contributed by atoms with Crippen LogP contribution in [0.5, 0.6) is 0 Å². The van der Waals surface area contributed by atoms with E-state index < -0.39 is 0 Å². The minimum atomic E-state index is 0. The molecule has 0 aromatic carbocycles. The van der Waals surface area contributed by atoms with E-state index in [1.54, 1.807) is 0 Å². The summed E-state index contributed by atoms with van der Waals surface area (Å²) in [6, 6.07) is 0. The summed E-state index contributed by atoms with van der Waals surface area (Å²) in [5, 5.41) is 3.38. The lowest BCUT2D eigenvalue weighted by atomic mass is 10.1. The third-order valence-corrected chi connectivity index (χ3v) is 3.09. The zero-order valence-corrected chi connectivity index (χ0v) is 9.31. The van der Waals surface area contributed by atoms with Crippen LogP contribution in [0.25, 0.3) is 0 Å². The van der Waals surface area contributed by atoms with Crippen LogP contribution in [0.3, 0.4) is 0 Å². The van der Waals surface area contributed by atoms with Gasteiger partial charge in [-0.1, -0.05) is 0 Å². The van der Waals surface area contributed by atoms with Crippen molar-refractivity contribution in [3.8, 4) is 0 Å². The van der Waals surface area contributed by atoms with Gasteiger partial charge in [-0.15, -0.1) is 12.4 Å². The summed E-state index contributed by atoms with van der Waals surface area (Å²) in [5.41, 5.74) is 0. The molecule has 0 saturated carbocycles. The van der Waals surface area contributed by atoms with Gasteiger partial charge >= 0.3 is 0 Å². The van der Waals surface area contributed by atoms with E-state index in [0.29, 0.717) is 5.78 Å². The van der Waals surface area contributed by atoms with Crippen molar-refractivity contribution in [3.63, 3.8) is 0 Å². The fourth-order valence-corrected chi connectivity index (χ4v) is 2.22. The summed E-state index contributed by atoms with van der Waals surface area (Å²) < 4.78 is 0. The molecule has 0 aromatic rings. The van der Waals surface area contributed by atoms with Gasteiger partial charge in [-0.25, -0.2) is 0 Å². The van der Waals surface area contributed by atoms with Gasteiger partial charge in [0.2, 0.25) is 0 Å². The van der Waals surface area contributed by atoms with E-state index >= 15 is 0 Å². The molecular formula is C10H19ClN2O. The van der Waals surface area contributed by atoms with Crippen molar-refractivity contribution in [2.24, 2.45) is 5.92 Å². The molecule has 2 rings (SSSR count). The second-order valence-electron chi connectivity index (χ2n) is 4.20. The molecule has 0 aliphatic carbocycles. The molecule has 1 unspecified atom stereocenters. The monoisotopic (exact) mass is 218 g/mol. The molecule has 3 nitrogen and oxygen atoms in total. The lowest BCUT2D eigenvalue weighted by Crippen LogP contribution is -2.37. The van der Waals surface area contributed by atoms with Crippen LogP contribution in [0, 0.1) is 5.92 Å². The van der Waals surface area contributed by atoms with Crippen LogP contribution >= 0.6 is 12.4 Å². The molecule has 2 aliphatic heterocycles. The molecule has 0 spiro atoms. The highest BCUT2D eigenvalue weighted by Gasteiger charge is 2.21. The first-order valence-corrected chi connectivity index (χ1v) is 5.29. The zero-order valence-electron chi connectivity index (χ0n) is 8.50. The fourth-order valence-electron chi connectivity index (χ4n) is 2.22. The number of rotatable bonds is 2. The first-order valence-electron chi connectivity index (χ1n) is 5.29. The molecule has 82 valence electrons. The molecule has 14 heavy (non-hydrogen) atoms. The van der Waals surface area contributed by atoms with E-state index in [1.165, 1.54) is 26.1 Å². The Hall–Kier alpha value is -0.120. The summed E-state index contributed by atoms with van der Waals surface area (Å²) in [7, 11) is 0. The minimum Gasteiger partial charge on any atom is -0.316 e. The van der Waals surface area contributed by atoms with Crippen molar-refractivity contribution in [2.45, 2.75) is 19.3 Å². The van der Waals surface area contributed by atoms with Gasteiger partial charge in [0.15, 0.2) is 0 Å². The Bertz CT molecular complexity index is 183. The molecule has 2 heterocycles. The first kappa shape index (κ1) is 12.0. The van der Waals surface area contributed by atoms with Crippen LogP contribution in [0.1, 0.15) is 19.3 Å². The van der Waals surface area contributed by atoms with Gasteiger partial charge in [0.25, 0.3) is 0 Å². The topological polar surface area (TPSA) is 32.3 Å². The summed E-state index contributed by atoms with van der Waals surface area (Å²) in [6.07, 6.45) is 2.87. The number of piperidine rings is 1. The highest BCUT2D eigenvalue weighted by molar-refractivity contribution is 5.85. The van der Waals surface area contributed by atoms with Crippen molar-refractivity contribution in [1.29, 1.82) is 0 Å². The highest BCUT2D eigenvalue weighted by atomic mass is 35.5. The number of likely N-dealkylation sites (tertiary alicyclic amines) is 1. The minimum absolute atomic E-state index is 0. The Morgan fingerprint density at radius 2 is 2.07 bits per heavy atom. The van der Waals surface area contributed by atoms with Crippen LogP contribution < -0.4 is 5.32 Å². The van der Waals surface area contributed by atoms with Crippen molar-refractivity contribution in [1.82, 2.24) is 10.2 Å². The van der Waals surface area contributed by atoms with Gasteiger partial charge in [-0.3, -0.25) is 4.79 Å². The molecule has 0 radical (unpaired) electrons. The number of carbonyl (C=O) groups is 1. The Kier molecular flexibility index (Phi) is 4.85. The lowest BCUT2D eigenvalue weighted by molar-refractivity contribution is -0.121. The maximum absolute atomic E-state index is 11.0. The first-order chi connectivity index (χ1) is 6.34. The van der Waals surface area contributed by atoms with Gasteiger partial charge < -0.3 is 10.2 Å². The quantitative estimate of drug-likeness (QED) is 0.740. The largest absolute Gasteiger partial charge is 0.316 e. The van der Waals surface area contributed by atoms with Crippen LogP contribution in [-0.4, -0.2) is 43.4 Å². The predicted octanol–water partition coefficient (Wildman–Crippen LogP) is 0.683. The SMILES string of the molecule is Cl.O=C1CCN(CC2CCNC2)CC1. The van der Waals surface area contributed by atoms with Crippen LogP contribution in [0.2, 0.25) is 0 Å². The number of ketones is 1. The number of carbonyl (C=O) groups excluding carboxylic acids is 1. The second-order valence-corrected chi connectivity index (χ2v) is 4.20. The number of nitrogens with one attached hydrogen (secondary N) is 1. The van der Waals surface area contributed by atoms with Crippen molar-refractivity contribution in [2.75, 3.05) is 32.7 Å². The number of hydrogen-bond donors (Lipinski definition) is 1. The summed E-state index contributed by atoms with van der Waals surface area (Å²) in [6.45, 7) is 5.53. The molecule has 0 aromatic heterocycles. The second kappa shape index (κ2) is 5.69. The fraction of sp³-hybridized carbons (Fsp3) is 0.900. The molecule has 1 N–H and O–H groups in total. The third kappa shape index (κ3) is 3.23. The van der Waals surface area contributed by atoms with E-state index in [-0.39, 0.29) is 12.4 Å². The van der Waals surface area contributed by atoms with Crippen LogP contribution in [0.15, 0.2) is 0 Å². The van der Waals surface area contributed by atoms with E-state index in [1.807, 2.05) is 0 Å². The van der Waals surface area contributed by atoms with Gasteiger partial charge in [0, 0.05) is 32.5 Å². The van der Waals surface area contributed by atoms with E-state index in [9.17, 15) is 4.79 Å². The highest BCUT2D eigenvalue weighted by Crippen LogP contribution is 2.13. The van der Waals surface area contributed by atoms with E-state index in [0.717, 1.165) is 31.8 Å².